The summed E-state index contributed by atoms with van der Waals surface area (Å²) in [4.78, 5) is 11.2. The van der Waals surface area contributed by atoms with Gasteiger partial charge in [-0.1, -0.05) is 11.6 Å². The van der Waals surface area contributed by atoms with Crippen LogP contribution in [0.25, 0.3) is 0 Å². The number of sulfonamides is 1. The van der Waals surface area contributed by atoms with E-state index >= 15 is 0 Å². The molecular weight excluding hydrogens is 310 g/mol. The summed E-state index contributed by atoms with van der Waals surface area (Å²) in [5.41, 5.74) is 0. The highest BCUT2D eigenvalue weighted by atomic mass is 35.5. The first-order chi connectivity index (χ1) is 8.91. The molecule has 0 radical (unpaired) electrons. The Bertz CT molecular complexity index is 626. The summed E-state index contributed by atoms with van der Waals surface area (Å²) in [7, 11) is -3.62. The number of carboxylic acid groups (broad SMARTS) is 1. The Kier molecular flexibility index (Phi) is 3.12. The number of carboxylic acids is 1. The Hall–Kier alpha value is -0.630. The number of halogens is 1. The molecule has 5 nitrogen and oxygen atoms in total. The van der Waals surface area contributed by atoms with Gasteiger partial charge in [0.25, 0.3) is 10.0 Å². The van der Waals surface area contributed by atoms with Crippen LogP contribution in [0, 0.1) is 5.92 Å². The van der Waals surface area contributed by atoms with Crippen molar-refractivity contribution in [3.8, 4) is 0 Å². The molecule has 3 heterocycles. The van der Waals surface area contributed by atoms with Crippen molar-refractivity contribution in [2.45, 2.75) is 35.6 Å². The van der Waals surface area contributed by atoms with Crippen molar-refractivity contribution in [3.63, 3.8) is 0 Å². The Balaban J connectivity index is 1.97. The summed E-state index contributed by atoms with van der Waals surface area (Å²) in [5.74, 6) is -1.49. The largest absolute Gasteiger partial charge is 0.481 e. The van der Waals surface area contributed by atoms with E-state index in [1.165, 1.54) is 10.4 Å². The number of rotatable bonds is 3. The molecule has 1 N–H and O–H groups in total. The lowest BCUT2D eigenvalue weighted by atomic mass is 9.89. The number of hydrogen-bond acceptors (Lipinski definition) is 4. The molecule has 19 heavy (non-hydrogen) atoms. The molecule has 3 unspecified atom stereocenters. The van der Waals surface area contributed by atoms with Gasteiger partial charge in [0.2, 0.25) is 0 Å². The van der Waals surface area contributed by atoms with Gasteiger partial charge >= 0.3 is 5.97 Å². The zero-order valence-corrected chi connectivity index (χ0v) is 12.2. The van der Waals surface area contributed by atoms with Crippen LogP contribution >= 0.6 is 22.9 Å². The Morgan fingerprint density at radius 3 is 2.68 bits per heavy atom. The van der Waals surface area contributed by atoms with Crippen molar-refractivity contribution in [2.75, 3.05) is 0 Å². The Morgan fingerprint density at radius 1 is 1.42 bits per heavy atom. The standard InChI is InChI=1S/C11H12ClNO4S2/c12-9-3-4-10(18-9)19(16,17)13-6-1-2-8(13)7(5-6)11(14)15/h3-4,6-8H,1-2,5H2,(H,14,15). The van der Waals surface area contributed by atoms with Crippen LogP contribution in [0.15, 0.2) is 16.3 Å². The van der Waals surface area contributed by atoms with E-state index in [1.54, 1.807) is 6.07 Å². The van der Waals surface area contributed by atoms with Crippen molar-refractivity contribution in [1.82, 2.24) is 4.31 Å². The van der Waals surface area contributed by atoms with Crippen LogP contribution in [0.4, 0.5) is 0 Å². The molecule has 0 amide bonds. The molecule has 104 valence electrons. The lowest BCUT2D eigenvalue weighted by molar-refractivity contribution is -0.142. The van der Waals surface area contributed by atoms with Crippen LogP contribution in [0.1, 0.15) is 19.3 Å². The van der Waals surface area contributed by atoms with Gasteiger partial charge in [0, 0.05) is 12.1 Å². The van der Waals surface area contributed by atoms with Gasteiger partial charge in [-0.3, -0.25) is 4.79 Å². The Morgan fingerprint density at radius 2 is 2.16 bits per heavy atom. The van der Waals surface area contributed by atoms with Gasteiger partial charge in [0.05, 0.1) is 10.3 Å². The topological polar surface area (TPSA) is 74.7 Å². The molecule has 2 bridgehead atoms. The van der Waals surface area contributed by atoms with Crippen molar-refractivity contribution in [2.24, 2.45) is 5.92 Å². The summed E-state index contributed by atoms with van der Waals surface area (Å²) in [5, 5.41) is 9.15. The second kappa shape index (κ2) is 4.44. The summed E-state index contributed by atoms with van der Waals surface area (Å²) >= 11 is 6.79. The van der Waals surface area contributed by atoms with Crippen molar-refractivity contribution >= 4 is 38.9 Å². The molecule has 3 rings (SSSR count). The average molecular weight is 322 g/mol. The fourth-order valence-electron chi connectivity index (χ4n) is 3.12. The van der Waals surface area contributed by atoms with E-state index in [2.05, 4.69) is 0 Å². The molecule has 0 aromatic carbocycles. The van der Waals surface area contributed by atoms with Crippen molar-refractivity contribution < 1.29 is 18.3 Å². The van der Waals surface area contributed by atoms with E-state index in [-0.39, 0.29) is 10.3 Å². The third-order valence-electron chi connectivity index (χ3n) is 3.87. The first kappa shape index (κ1) is 13.4. The fourth-order valence-corrected chi connectivity index (χ4v) is 6.62. The van der Waals surface area contributed by atoms with Gasteiger partial charge in [0.1, 0.15) is 4.21 Å². The van der Waals surface area contributed by atoms with Gasteiger partial charge in [0.15, 0.2) is 0 Å². The van der Waals surface area contributed by atoms with Crippen LogP contribution < -0.4 is 0 Å². The number of hydrogen-bond donors (Lipinski definition) is 1. The van der Waals surface area contributed by atoms with Gasteiger partial charge < -0.3 is 5.11 Å². The van der Waals surface area contributed by atoms with Gasteiger partial charge in [-0.05, 0) is 31.4 Å². The first-order valence-electron chi connectivity index (χ1n) is 5.93. The maximum atomic E-state index is 12.6. The molecule has 0 spiro atoms. The summed E-state index contributed by atoms with van der Waals surface area (Å²) in [6, 6.07) is 2.44. The molecule has 1 aromatic heterocycles. The zero-order valence-electron chi connectivity index (χ0n) is 9.82. The molecule has 3 atom stereocenters. The van der Waals surface area contributed by atoms with Gasteiger partial charge in [-0.25, -0.2) is 8.42 Å². The minimum absolute atomic E-state index is 0.183. The number of carbonyl (C=O) groups is 1. The second-order valence-corrected chi connectivity index (χ2v) is 8.66. The van der Waals surface area contributed by atoms with Crippen molar-refractivity contribution in [3.05, 3.63) is 16.5 Å². The summed E-state index contributed by atoms with van der Waals surface area (Å²) in [6.45, 7) is 0. The fraction of sp³-hybridized carbons (Fsp3) is 0.545. The predicted molar refractivity (Wildman–Crippen MR) is 70.9 cm³/mol. The van der Waals surface area contributed by atoms with E-state index in [1.807, 2.05) is 0 Å². The van der Waals surface area contributed by atoms with E-state index in [0.717, 1.165) is 17.8 Å². The summed E-state index contributed by atoms with van der Waals surface area (Å²) in [6.07, 6.45) is 1.78. The molecular formula is C11H12ClNO4S2. The Labute approximate surface area is 119 Å². The molecule has 2 aliphatic rings. The van der Waals surface area contributed by atoms with Crippen molar-refractivity contribution in [1.29, 1.82) is 0 Å². The van der Waals surface area contributed by atoms with Crippen LogP contribution in [0.2, 0.25) is 4.34 Å². The minimum Gasteiger partial charge on any atom is -0.481 e. The average Bonchev–Trinajstić information content (AvgIpc) is 3.01. The quantitative estimate of drug-likeness (QED) is 0.924. The maximum Gasteiger partial charge on any atom is 0.308 e. The molecule has 8 heteroatoms. The first-order valence-corrected chi connectivity index (χ1v) is 8.56. The molecule has 0 aliphatic carbocycles. The highest BCUT2D eigenvalue weighted by molar-refractivity contribution is 7.91. The van der Waals surface area contributed by atoms with Crippen LogP contribution in [0.3, 0.4) is 0 Å². The zero-order chi connectivity index (χ0) is 13.8. The van der Waals surface area contributed by atoms with E-state index < -0.39 is 28.0 Å². The lowest BCUT2D eigenvalue weighted by Crippen LogP contribution is -2.37. The van der Waals surface area contributed by atoms with Crippen LogP contribution in [-0.2, 0) is 14.8 Å². The third-order valence-corrected chi connectivity index (χ3v) is 7.55. The number of thiophene rings is 1. The van der Waals surface area contributed by atoms with Crippen LogP contribution in [0.5, 0.6) is 0 Å². The molecule has 2 saturated heterocycles. The van der Waals surface area contributed by atoms with Gasteiger partial charge in [-0.2, -0.15) is 4.31 Å². The van der Waals surface area contributed by atoms with E-state index in [0.29, 0.717) is 17.2 Å². The lowest BCUT2D eigenvalue weighted by Gasteiger charge is -2.21. The van der Waals surface area contributed by atoms with Gasteiger partial charge in [-0.15, -0.1) is 11.3 Å². The minimum atomic E-state index is -3.62. The van der Waals surface area contributed by atoms with Crippen LogP contribution in [-0.4, -0.2) is 35.9 Å². The normalized spacial score (nSPS) is 30.9. The van der Waals surface area contributed by atoms with E-state index in [4.69, 9.17) is 16.7 Å². The molecule has 1 aromatic rings. The number of fused-ring (bicyclic) bond motifs is 2. The molecule has 2 fully saturated rings. The number of nitrogens with zero attached hydrogens (tertiary/aromatic N) is 1. The molecule has 0 saturated carbocycles. The number of aliphatic carboxylic acids is 1. The maximum absolute atomic E-state index is 12.6. The second-order valence-electron chi connectivity index (χ2n) is 4.87. The smallest absolute Gasteiger partial charge is 0.308 e. The highest BCUT2D eigenvalue weighted by Crippen LogP contribution is 2.46. The highest BCUT2D eigenvalue weighted by Gasteiger charge is 2.54. The third kappa shape index (κ3) is 1.99. The monoisotopic (exact) mass is 321 g/mol. The molecule has 2 aliphatic heterocycles. The SMILES string of the molecule is O=C(O)C1CC2CCC1N2S(=O)(=O)c1ccc(Cl)s1. The van der Waals surface area contributed by atoms with E-state index in [9.17, 15) is 13.2 Å². The predicted octanol–water partition coefficient (Wildman–Crippen LogP) is 2.03. The summed E-state index contributed by atoms with van der Waals surface area (Å²) < 4.78 is 27.1.